The predicted molar refractivity (Wildman–Crippen MR) is 89.2 cm³/mol. The van der Waals surface area contributed by atoms with Crippen molar-refractivity contribution in [3.63, 3.8) is 0 Å². The molecule has 0 aromatic heterocycles. The van der Waals surface area contributed by atoms with E-state index in [9.17, 15) is 21.6 Å². The first-order valence-corrected chi connectivity index (χ1v) is 10.2. The Balaban J connectivity index is 2.07. The monoisotopic (exact) mass is 366 g/mol. The molecule has 0 saturated heterocycles. The zero-order chi connectivity index (χ0) is 17.5. The predicted octanol–water partition coefficient (Wildman–Crippen LogP) is 1.24. The molecule has 7 nitrogen and oxygen atoms in total. The molecule has 126 valence electrons. The van der Waals surface area contributed by atoms with Crippen LogP contribution in [0.25, 0.3) is 0 Å². The average Bonchev–Trinajstić information content (AvgIpc) is 2.53. The van der Waals surface area contributed by atoms with Crippen LogP contribution in [0.4, 0.5) is 11.4 Å². The summed E-state index contributed by atoms with van der Waals surface area (Å²) in [7, 11) is -7.41. The number of carbonyl (C=O) groups excluding carboxylic acids is 1. The summed E-state index contributed by atoms with van der Waals surface area (Å²) in [5.74, 6) is -0.440. The number of nitrogens with one attached hydrogen (secondary N) is 1. The summed E-state index contributed by atoms with van der Waals surface area (Å²) in [6.07, 6.45) is 1.04. The van der Waals surface area contributed by atoms with Gasteiger partial charge in [-0.1, -0.05) is 12.1 Å². The number of benzene rings is 2. The van der Waals surface area contributed by atoms with Gasteiger partial charge in [-0.2, -0.15) is 0 Å². The van der Waals surface area contributed by atoms with Crippen LogP contribution in [0.15, 0.2) is 58.3 Å². The smallest absolute Gasteiger partial charge is 0.264 e. The standard InChI is InChI=1S/C15H14N2O5S2/c1-23(19,20)11-6-8-12(9-7-11)24(21,22)17-10-15(18)16-13-4-2-3-5-14(13)17/h2-9H,10H2,1H3,(H,16,18). The summed E-state index contributed by atoms with van der Waals surface area (Å²) in [6.45, 7) is -0.340. The highest BCUT2D eigenvalue weighted by Crippen LogP contribution is 2.33. The highest BCUT2D eigenvalue weighted by molar-refractivity contribution is 7.93. The van der Waals surface area contributed by atoms with Crippen LogP contribution in [0.2, 0.25) is 0 Å². The molecule has 1 amide bonds. The number of carbonyl (C=O) groups is 1. The van der Waals surface area contributed by atoms with Crippen LogP contribution in [-0.2, 0) is 24.7 Å². The van der Waals surface area contributed by atoms with Gasteiger partial charge in [0.1, 0.15) is 6.54 Å². The summed E-state index contributed by atoms with van der Waals surface area (Å²) in [5, 5.41) is 2.62. The van der Waals surface area contributed by atoms with Gasteiger partial charge in [0.05, 0.1) is 21.2 Å². The zero-order valence-electron chi connectivity index (χ0n) is 12.6. The number of hydrogen-bond donors (Lipinski definition) is 1. The summed E-state index contributed by atoms with van der Waals surface area (Å²) in [6, 6.07) is 11.5. The Morgan fingerprint density at radius 3 is 2.12 bits per heavy atom. The number of amides is 1. The second-order valence-electron chi connectivity index (χ2n) is 5.32. The molecular formula is C15H14N2O5S2. The second kappa shape index (κ2) is 5.60. The van der Waals surface area contributed by atoms with Gasteiger partial charge in [0.2, 0.25) is 5.91 Å². The van der Waals surface area contributed by atoms with Crippen molar-refractivity contribution < 1.29 is 21.6 Å². The van der Waals surface area contributed by atoms with E-state index in [4.69, 9.17) is 0 Å². The summed E-state index contributed by atoms with van der Waals surface area (Å²) in [4.78, 5) is 11.7. The molecule has 0 fully saturated rings. The molecule has 1 aliphatic rings. The van der Waals surface area contributed by atoms with Crippen LogP contribution >= 0.6 is 0 Å². The minimum absolute atomic E-state index is 0.0261. The first kappa shape index (κ1) is 16.5. The topological polar surface area (TPSA) is 101 Å². The number of fused-ring (bicyclic) bond motifs is 1. The van der Waals surface area contributed by atoms with Crippen molar-refractivity contribution in [2.45, 2.75) is 9.79 Å². The van der Waals surface area contributed by atoms with E-state index >= 15 is 0 Å². The highest BCUT2D eigenvalue weighted by Gasteiger charge is 2.32. The van der Waals surface area contributed by atoms with Crippen LogP contribution in [0.5, 0.6) is 0 Å². The molecule has 0 spiro atoms. The number of nitrogens with zero attached hydrogens (tertiary/aromatic N) is 1. The minimum Gasteiger partial charge on any atom is -0.323 e. The quantitative estimate of drug-likeness (QED) is 0.881. The normalized spacial score (nSPS) is 14.9. The van der Waals surface area contributed by atoms with Crippen molar-refractivity contribution in [3.8, 4) is 0 Å². The number of hydrogen-bond acceptors (Lipinski definition) is 5. The fourth-order valence-corrected chi connectivity index (χ4v) is 4.47. The van der Waals surface area contributed by atoms with E-state index in [0.29, 0.717) is 11.4 Å². The van der Waals surface area contributed by atoms with Crippen LogP contribution < -0.4 is 9.62 Å². The Labute approximate surface area is 139 Å². The van der Waals surface area contributed by atoms with Gasteiger partial charge in [-0.15, -0.1) is 0 Å². The molecule has 24 heavy (non-hydrogen) atoms. The SMILES string of the molecule is CS(=O)(=O)c1ccc(S(=O)(=O)N2CC(=O)Nc3ccccc32)cc1. The van der Waals surface area contributed by atoms with Crippen molar-refractivity contribution in [2.24, 2.45) is 0 Å². The van der Waals surface area contributed by atoms with Crippen molar-refractivity contribution in [3.05, 3.63) is 48.5 Å². The maximum absolute atomic E-state index is 12.9. The first-order valence-electron chi connectivity index (χ1n) is 6.91. The van der Waals surface area contributed by atoms with Crippen LogP contribution in [0.3, 0.4) is 0 Å². The second-order valence-corrected chi connectivity index (χ2v) is 9.20. The molecule has 0 unspecified atom stereocenters. The van der Waals surface area contributed by atoms with Gasteiger partial charge in [0.15, 0.2) is 9.84 Å². The third-order valence-electron chi connectivity index (χ3n) is 3.57. The number of anilines is 2. The molecule has 2 aromatic rings. The Kier molecular flexibility index (Phi) is 3.84. The van der Waals surface area contributed by atoms with Crippen LogP contribution in [0, 0.1) is 0 Å². The molecule has 9 heteroatoms. The number of sulfonamides is 1. The lowest BCUT2D eigenvalue weighted by molar-refractivity contribution is -0.115. The van der Waals surface area contributed by atoms with Crippen molar-refractivity contribution in [1.82, 2.24) is 0 Å². The molecule has 3 rings (SSSR count). The van der Waals surface area contributed by atoms with Gasteiger partial charge < -0.3 is 5.32 Å². The Morgan fingerprint density at radius 2 is 1.50 bits per heavy atom. The molecule has 1 N–H and O–H groups in total. The number of rotatable bonds is 3. The Hall–Kier alpha value is -2.39. The van der Waals surface area contributed by atoms with Gasteiger partial charge in [-0.25, -0.2) is 16.8 Å². The van der Waals surface area contributed by atoms with Gasteiger partial charge in [0, 0.05) is 6.26 Å². The molecule has 1 heterocycles. The molecule has 0 bridgehead atoms. The van der Waals surface area contributed by atoms with E-state index in [0.717, 1.165) is 10.6 Å². The maximum atomic E-state index is 12.9. The first-order chi connectivity index (χ1) is 11.2. The van der Waals surface area contributed by atoms with Crippen LogP contribution in [-0.4, -0.2) is 35.5 Å². The lowest BCUT2D eigenvalue weighted by Crippen LogP contribution is -2.42. The third-order valence-corrected chi connectivity index (χ3v) is 6.48. The third kappa shape index (κ3) is 2.87. The van der Waals surface area contributed by atoms with Crippen LogP contribution in [0.1, 0.15) is 0 Å². The lowest BCUT2D eigenvalue weighted by Gasteiger charge is -2.30. The summed E-state index contributed by atoms with van der Waals surface area (Å²) in [5.41, 5.74) is 0.773. The average molecular weight is 366 g/mol. The molecule has 0 atom stereocenters. The zero-order valence-corrected chi connectivity index (χ0v) is 14.3. The fourth-order valence-electron chi connectivity index (χ4n) is 2.40. The van der Waals surface area contributed by atoms with Gasteiger partial charge in [-0.3, -0.25) is 9.10 Å². The fraction of sp³-hybridized carbons (Fsp3) is 0.133. The minimum atomic E-state index is -3.99. The van der Waals surface area contributed by atoms with Gasteiger partial charge in [0.25, 0.3) is 10.0 Å². The maximum Gasteiger partial charge on any atom is 0.264 e. The molecule has 0 radical (unpaired) electrons. The number of sulfone groups is 1. The van der Waals surface area contributed by atoms with E-state index in [1.165, 1.54) is 24.3 Å². The van der Waals surface area contributed by atoms with E-state index in [1.54, 1.807) is 24.3 Å². The highest BCUT2D eigenvalue weighted by atomic mass is 32.2. The van der Waals surface area contributed by atoms with E-state index < -0.39 is 25.8 Å². The van der Waals surface area contributed by atoms with Crippen molar-refractivity contribution >= 4 is 37.1 Å². The van der Waals surface area contributed by atoms with Gasteiger partial charge in [-0.05, 0) is 36.4 Å². The molecule has 0 saturated carbocycles. The van der Waals surface area contributed by atoms with E-state index in [2.05, 4.69) is 5.32 Å². The largest absolute Gasteiger partial charge is 0.323 e. The molecular weight excluding hydrogens is 352 g/mol. The molecule has 2 aromatic carbocycles. The number of para-hydroxylation sites is 2. The summed E-state index contributed by atoms with van der Waals surface area (Å²) >= 11 is 0. The Bertz CT molecular complexity index is 1010. The Morgan fingerprint density at radius 1 is 0.917 bits per heavy atom. The molecule has 0 aliphatic carbocycles. The van der Waals surface area contributed by atoms with Gasteiger partial charge >= 0.3 is 0 Å². The van der Waals surface area contributed by atoms with E-state index in [-0.39, 0.29) is 16.3 Å². The molecule has 1 aliphatic heterocycles. The van der Waals surface area contributed by atoms with Crippen molar-refractivity contribution in [1.29, 1.82) is 0 Å². The summed E-state index contributed by atoms with van der Waals surface area (Å²) < 4.78 is 49.7. The van der Waals surface area contributed by atoms with Crippen molar-refractivity contribution in [2.75, 3.05) is 22.4 Å². The lowest BCUT2D eigenvalue weighted by atomic mass is 10.2. The van der Waals surface area contributed by atoms with E-state index in [1.807, 2.05) is 0 Å².